The van der Waals surface area contributed by atoms with Crippen LogP contribution in [0, 0.1) is 0 Å². The Hall–Kier alpha value is -3.64. The molecule has 3 N–H and O–H groups in total. The Kier molecular flexibility index (Phi) is 4.78. The van der Waals surface area contributed by atoms with Crippen LogP contribution in [0.15, 0.2) is 60.8 Å². The zero-order chi connectivity index (χ0) is 20.5. The van der Waals surface area contributed by atoms with E-state index in [0.29, 0.717) is 16.3 Å². The number of halogens is 1. The molecule has 0 radical (unpaired) electrons. The quantitative estimate of drug-likeness (QED) is 0.500. The van der Waals surface area contributed by atoms with E-state index in [1.165, 1.54) is 0 Å². The molecule has 0 aliphatic rings. The highest BCUT2D eigenvalue weighted by Crippen LogP contribution is 2.42. The SMILES string of the molecule is COc1c(-c2ccc(C(=O)O)cc2)cc(-c2cccc(Cl)c2)c2cnc(N)nc12. The number of hydrogen-bond acceptors (Lipinski definition) is 5. The van der Waals surface area contributed by atoms with Gasteiger partial charge in [-0.05, 0) is 47.0 Å². The molecule has 3 aromatic carbocycles. The molecule has 0 atom stereocenters. The summed E-state index contributed by atoms with van der Waals surface area (Å²) in [5.41, 5.74) is 9.90. The largest absolute Gasteiger partial charge is 0.494 e. The molecule has 0 aliphatic carbocycles. The van der Waals surface area contributed by atoms with Gasteiger partial charge >= 0.3 is 5.97 Å². The zero-order valence-electron chi connectivity index (χ0n) is 15.4. The van der Waals surface area contributed by atoms with E-state index in [9.17, 15) is 4.79 Å². The van der Waals surface area contributed by atoms with Crippen LogP contribution in [0.25, 0.3) is 33.2 Å². The van der Waals surface area contributed by atoms with Crippen LogP contribution in [0.3, 0.4) is 0 Å². The molecule has 144 valence electrons. The van der Waals surface area contributed by atoms with Crippen LogP contribution in [0.1, 0.15) is 10.4 Å². The number of benzene rings is 3. The summed E-state index contributed by atoms with van der Waals surface area (Å²) in [7, 11) is 1.56. The molecule has 4 rings (SSSR count). The van der Waals surface area contributed by atoms with Crippen LogP contribution in [0.4, 0.5) is 5.95 Å². The molecule has 0 saturated carbocycles. The van der Waals surface area contributed by atoms with Gasteiger partial charge in [-0.15, -0.1) is 0 Å². The third-order valence-electron chi connectivity index (χ3n) is 4.63. The van der Waals surface area contributed by atoms with E-state index >= 15 is 0 Å². The van der Waals surface area contributed by atoms with Gasteiger partial charge in [0.2, 0.25) is 5.95 Å². The average Bonchev–Trinajstić information content (AvgIpc) is 2.72. The molecule has 0 fully saturated rings. The third kappa shape index (κ3) is 3.46. The second kappa shape index (κ2) is 7.41. The number of carboxylic acid groups (broad SMARTS) is 1. The van der Waals surface area contributed by atoms with Crippen LogP contribution in [0.2, 0.25) is 5.02 Å². The molecular weight excluding hydrogens is 390 g/mol. The molecule has 0 spiro atoms. The molecule has 7 heteroatoms. The van der Waals surface area contributed by atoms with Gasteiger partial charge in [0.1, 0.15) is 5.52 Å². The van der Waals surface area contributed by atoms with Crippen molar-refractivity contribution in [3.63, 3.8) is 0 Å². The summed E-state index contributed by atoms with van der Waals surface area (Å²) in [5.74, 6) is -0.323. The standard InChI is InChI=1S/C22H16ClN3O3/c1-29-20-17(12-5-7-13(8-6-12)21(27)28)10-16(14-3-2-4-15(23)9-14)18-11-25-22(24)26-19(18)20/h2-11H,1H3,(H,27,28)(H2,24,25,26). The smallest absolute Gasteiger partial charge is 0.335 e. The summed E-state index contributed by atoms with van der Waals surface area (Å²) in [5, 5.41) is 10.5. The minimum atomic E-state index is -0.984. The number of hydrogen-bond donors (Lipinski definition) is 2. The number of carbonyl (C=O) groups is 1. The molecule has 0 aliphatic heterocycles. The lowest BCUT2D eigenvalue weighted by Gasteiger charge is -2.16. The van der Waals surface area contributed by atoms with E-state index in [1.54, 1.807) is 43.6 Å². The number of ether oxygens (including phenoxy) is 1. The lowest BCUT2D eigenvalue weighted by atomic mass is 9.94. The summed E-state index contributed by atoms with van der Waals surface area (Å²) in [4.78, 5) is 19.7. The van der Waals surface area contributed by atoms with E-state index in [2.05, 4.69) is 9.97 Å². The first-order chi connectivity index (χ1) is 14.0. The van der Waals surface area contributed by atoms with Gasteiger partial charge in [0.15, 0.2) is 5.75 Å². The van der Waals surface area contributed by atoms with Crippen molar-refractivity contribution >= 4 is 34.4 Å². The monoisotopic (exact) mass is 405 g/mol. The van der Waals surface area contributed by atoms with Gasteiger partial charge in [0, 0.05) is 22.2 Å². The first-order valence-electron chi connectivity index (χ1n) is 8.71. The number of fused-ring (bicyclic) bond motifs is 1. The molecule has 29 heavy (non-hydrogen) atoms. The Labute approximate surface area is 171 Å². The van der Waals surface area contributed by atoms with Crippen molar-refractivity contribution in [1.29, 1.82) is 0 Å². The maximum atomic E-state index is 11.2. The molecule has 0 saturated heterocycles. The number of nitrogens with two attached hydrogens (primary N) is 1. The van der Waals surface area contributed by atoms with E-state index in [1.807, 2.05) is 24.3 Å². The predicted molar refractivity (Wildman–Crippen MR) is 113 cm³/mol. The van der Waals surface area contributed by atoms with Crippen LogP contribution >= 0.6 is 11.6 Å². The normalized spacial score (nSPS) is 10.8. The molecular formula is C22H16ClN3O3. The highest BCUT2D eigenvalue weighted by atomic mass is 35.5. The minimum absolute atomic E-state index is 0.131. The third-order valence-corrected chi connectivity index (χ3v) is 4.86. The fourth-order valence-electron chi connectivity index (χ4n) is 3.29. The Balaban J connectivity index is 2.04. The lowest BCUT2D eigenvalue weighted by molar-refractivity contribution is 0.0697. The van der Waals surface area contributed by atoms with Crippen molar-refractivity contribution < 1.29 is 14.6 Å². The molecule has 0 unspecified atom stereocenters. The number of anilines is 1. The van der Waals surface area contributed by atoms with Crippen LogP contribution in [0.5, 0.6) is 5.75 Å². The summed E-state index contributed by atoms with van der Waals surface area (Å²) in [6, 6.07) is 16.0. The van der Waals surface area contributed by atoms with E-state index in [0.717, 1.165) is 27.6 Å². The Morgan fingerprint density at radius 2 is 1.83 bits per heavy atom. The van der Waals surface area contributed by atoms with Crippen LogP contribution in [-0.2, 0) is 0 Å². The Morgan fingerprint density at radius 3 is 2.48 bits per heavy atom. The van der Waals surface area contributed by atoms with Crippen LogP contribution < -0.4 is 10.5 Å². The highest BCUT2D eigenvalue weighted by molar-refractivity contribution is 6.31. The van der Waals surface area contributed by atoms with Gasteiger partial charge in [-0.25, -0.2) is 14.8 Å². The van der Waals surface area contributed by atoms with Gasteiger partial charge in [0.25, 0.3) is 0 Å². The van der Waals surface area contributed by atoms with Gasteiger partial charge in [-0.3, -0.25) is 0 Å². The molecule has 6 nitrogen and oxygen atoms in total. The van der Waals surface area contributed by atoms with Crippen molar-refractivity contribution in [1.82, 2.24) is 9.97 Å². The number of methoxy groups -OCH3 is 1. The number of carboxylic acids is 1. The second-order valence-electron chi connectivity index (χ2n) is 6.39. The Bertz CT molecular complexity index is 1240. The van der Waals surface area contributed by atoms with Crippen LogP contribution in [-0.4, -0.2) is 28.2 Å². The average molecular weight is 406 g/mol. The van der Waals surface area contributed by atoms with Crippen molar-refractivity contribution in [2.45, 2.75) is 0 Å². The van der Waals surface area contributed by atoms with Gasteiger partial charge in [-0.2, -0.15) is 0 Å². The molecule has 1 heterocycles. The predicted octanol–water partition coefficient (Wildman–Crippen LogP) is 4.91. The minimum Gasteiger partial charge on any atom is -0.494 e. The van der Waals surface area contributed by atoms with Gasteiger partial charge < -0.3 is 15.6 Å². The van der Waals surface area contributed by atoms with Crippen molar-refractivity contribution in [3.8, 4) is 28.0 Å². The van der Waals surface area contributed by atoms with E-state index < -0.39 is 5.97 Å². The second-order valence-corrected chi connectivity index (χ2v) is 6.82. The highest BCUT2D eigenvalue weighted by Gasteiger charge is 2.18. The topological polar surface area (TPSA) is 98.3 Å². The summed E-state index contributed by atoms with van der Waals surface area (Å²) < 4.78 is 5.67. The number of nitrogen functional groups attached to an aromatic ring is 1. The summed E-state index contributed by atoms with van der Waals surface area (Å²) >= 11 is 6.20. The molecule has 1 aromatic heterocycles. The lowest BCUT2D eigenvalue weighted by Crippen LogP contribution is -2.00. The summed E-state index contributed by atoms with van der Waals surface area (Å²) in [6.45, 7) is 0. The fourth-order valence-corrected chi connectivity index (χ4v) is 3.48. The molecule has 0 bridgehead atoms. The van der Waals surface area contributed by atoms with E-state index in [4.69, 9.17) is 27.2 Å². The maximum absolute atomic E-state index is 11.2. The first-order valence-corrected chi connectivity index (χ1v) is 9.08. The summed E-state index contributed by atoms with van der Waals surface area (Å²) in [6.07, 6.45) is 1.66. The van der Waals surface area contributed by atoms with Crippen molar-refractivity contribution in [2.75, 3.05) is 12.8 Å². The van der Waals surface area contributed by atoms with Gasteiger partial charge in [-0.1, -0.05) is 35.9 Å². The number of nitrogens with zero attached hydrogens (tertiary/aromatic N) is 2. The first kappa shape index (κ1) is 18.7. The number of aromatic nitrogens is 2. The van der Waals surface area contributed by atoms with Crippen molar-refractivity contribution in [3.05, 3.63) is 71.4 Å². The fraction of sp³-hybridized carbons (Fsp3) is 0.0455. The Morgan fingerprint density at radius 1 is 1.07 bits per heavy atom. The molecule has 4 aromatic rings. The number of aromatic carboxylic acids is 1. The number of rotatable bonds is 4. The maximum Gasteiger partial charge on any atom is 0.335 e. The zero-order valence-corrected chi connectivity index (χ0v) is 16.1. The van der Waals surface area contributed by atoms with E-state index in [-0.39, 0.29) is 11.5 Å². The van der Waals surface area contributed by atoms with Crippen molar-refractivity contribution in [2.24, 2.45) is 0 Å². The molecule has 0 amide bonds. The van der Waals surface area contributed by atoms with Gasteiger partial charge in [0.05, 0.1) is 12.7 Å².